The number of benzene rings is 2. The van der Waals surface area contributed by atoms with Gasteiger partial charge in [0.15, 0.2) is 0 Å². The Morgan fingerprint density at radius 3 is 2.73 bits per heavy atom. The van der Waals surface area contributed by atoms with Crippen molar-refractivity contribution in [3.63, 3.8) is 0 Å². The van der Waals surface area contributed by atoms with Gasteiger partial charge in [-0.1, -0.05) is 53.3 Å². The summed E-state index contributed by atoms with van der Waals surface area (Å²) in [4.78, 5) is 24.7. The average molecular weight is 391 g/mol. The molecule has 26 heavy (non-hydrogen) atoms. The highest BCUT2D eigenvalue weighted by Gasteiger charge is 2.18. The van der Waals surface area contributed by atoms with E-state index in [1.54, 1.807) is 43.3 Å². The van der Waals surface area contributed by atoms with E-state index in [-0.39, 0.29) is 23.1 Å². The molecule has 0 aliphatic rings. The molecule has 1 amide bonds. The van der Waals surface area contributed by atoms with Gasteiger partial charge in [0, 0.05) is 22.8 Å². The van der Waals surface area contributed by atoms with E-state index in [4.69, 9.17) is 11.6 Å². The molecule has 0 aliphatic heterocycles. The molecule has 1 N–H and O–H groups in total. The van der Waals surface area contributed by atoms with Crippen LogP contribution in [0.3, 0.4) is 0 Å². The summed E-state index contributed by atoms with van der Waals surface area (Å²) in [7, 11) is 0. The van der Waals surface area contributed by atoms with Gasteiger partial charge in [0.1, 0.15) is 10.7 Å². The van der Waals surface area contributed by atoms with Crippen LogP contribution in [0.1, 0.15) is 26.5 Å². The number of carbonyl (C=O) groups excluding carboxylic acids is 1. The smallest absolute Gasteiger partial charge is 0.308 e. The van der Waals surface area contributed by atoms with Gasteiger partial charge in [-0.2, -0.15) is 0 Å². The van der Waals surface area contributed by atoms with Crippen molar-refractivity contribution in [2.75, 3.05) is 0 Å². The first-order valence-corrected chi connectivity index (χ1v) is 9.11. The second-order valence-electron chi connectivity index (χ2n) is 5.77. The van der Waals surface area contributed by atoms with E-state index < -0.39 is 0 Å². The van der Waals surface area contributed by atoms with Gasteiger partial charge in [-0.25, -0.2) is 4.39 Å². The Balaban J connectivity index is 1.77. The number of carbonyl (C=O) groups is 1. The third-order valence-corrected chi connectivity index (χ3v) is 5.29. The topological polar surface area (TPSA) is 51.1 Å². The minimum Gasteiger partial charge on any atom is -0.347 e. The van der Waals surface area contributed by atoms with Gasteiger partial charge in [0.25, 0.3) is 5.91 Å². The van der Waals surface area contributed by atoms with Gasteiger partial charge in [0.05, 0.1) is 6.54 Å². The molecular formula is C19H16ClFN2O2S. The van der Waals surface area contributed by atoms with E-state index in [1.165, 1.54) is 10.6 Å². The Kier molecular flexibility index (Phi) is 5.54. The molecule has 0 atom stereocenters. The van der Waals surface area contributed by atoms with Crippen molar-refractivity contribution >= 4 is 28.8 Å². The van der Waals surface area contributed by atoms with Crippen LogP contribution in [0.5, 0.6) is 0 Å². The average Bonchev–Trinajstić information content (AvgIpc) is 2.90. The van der Waals surface area contributed by atoms with Crippen LogP contribution in [0.25, 0.3) is 0 Å². The molecule has 134 valence electrons. The lowest BCUT2D eigenvalue weighted by Gasteiger charge is -2.08. The highest BCUT2D eigenvalue weighted by Crippen LogP contribution is 2.16. The van der Waals surface area contributed by atoms with Crippen LogP contribution in [0.15, 0.2) is 53.3 Å². The normalized spacial score (nSPS) is 10.7. The van der Waals surface area contributed by atoms with Gasteiger partial charge in [0.2, 0.25) is 0 Å². The number of amides is 1. The van der Waals surface area contributed by atoms with Crippen LogP contribution in [-0.4, -0.2) is 10.5 Å². The van der Waals surface area contributed by atoms with Gasteiger partial charge >= 0.3 is 4.87 Å². The maximum absolute atomic E-state index is 13.8. The predicted molar refractivity (Wildman–Crippen MR) is 101 cm³/mol. The summed E-state index contributed by atoms with van der Waals surface area (Å²) in [6, 6.07) is 13.5. The first-order chi connectivity index (χ1) is 12.5. The Labute approximate surface area is 158 Å². The molecule has 0 aliphatic carbocycles. The monoisotopic (exact) mass is 390 g/mol. The Morgan fingerprint density at radius 2 is 2.00 bits per heavy atom. The van der Waals surface area contributed by atoms with E-state index in [0.29, 0.717) is 27.7 Å². The number of hydrogen-bond acceptors (Lipinski definition) is 3. The molecule has 0 spiro atoms. The Hall–Kier alpha value is -2.44. The summed E-state index contributed by atoms with van der Waals surface area (Å²) in [6.45, 7) is 2.08. The van der Waals surface area contributed by atoms with Crippen molar-refractivity contribution in [3.05, 3.63) is 90.7 Å². The molecule has 3 aromatic rings. The molecule has 0 bridgehead atoms. The maximum atomic E-state index is 13.8. The number of hydrogen-bond donors (Lipinski definition) is 1. The lowest BCUT2D eigenvalue weighted by molar-refractivity contribution is 0.0954. The molecule has 0 radical (unpaired) electrons. The number of nitrogens with one attached hydrogen (secondary N) is 1. The van der Waals surface area contributed by atoms with Crippen molar-refractivity contribution in [3.8, 4) is 0 Å². The Morgan fingerprint density at radius 1 is 1.23 bits per heavy atom. The van der Waals surface area contributed by atoms with Gasteiger partial charge in [-0.15, -0.1) is 0 Å². The highest BCUT2D eigenvalue weighted by molar-refractivity contribution is 7.11. The maximum Gasteiger partial charge on any atom is 0.308 e. The summed E-state index contributed by atoms with van der Waals surface area (Å²) in [5.41, 5.74) is 1.79. The number of aromatic nitrogens is 1. The van der Waals surface area contributed by atoms with E-state index >= 15 is 0 Å². The molecule has 7 heteroatoms. The molecule has 2 aromatic carbocycles. The molecule has 1 aromatic heterocycles. The van der Waals surface area contributed by atoms with Gasteiger partial charge in [-0.05, 0) is 30.7 Å². The third kappa shape index (κ3) is 4.03. The first-order valence-electron chi connectivity index (χ1n) is 7.92. The molecule has 4 nitrogen and oxygen atoms in total. The largest absolute Gasteiger partial charge is 0.347 e. The van der Waals surface area contributed by atoms with E-state index in [9.17, 15) is 14.0 Å². The number of nitrogens with zero attached hydrogens (tertiary/aromatic N) is 1. The summed E-state index contributed by atoms with van der Waals surface area (Å²) >= 11 is 6.79. The van der Waals surface area contributed by atoms with Crippen LogP contribution >= 0.6 is 22.9 Å². The second-order valence-corrected chi connectivity index (χ2v) is 7.17. The van der Waals surface area contributed by atoms with Crippen molar-refractivity contribution in [2.45, 2.75) is 20.0 Å². The fourth-order valence-corrected chi connectivity index (χ4v) is 3.70. The highest BCUT2D eigenvalue weighted by atomic mass is 35.5. The predicted octanol–water partition coefficient (Wildman–Crippen LogP) is 3.99. The zero-order valence-electron chi connectivity index (χ0n) is 14.0. The fraction of sp³-hybridized carbons (Fsp3) is 0.158. The lowest BCUT2D eigenvalue weighted by Crippen LogP contribution is -2.23. The van der Waals surface area contributed by atoms with Crippen LogP contribution in [-0.2, 0) is 13.1 Å². The molecule has 1 heterocycles. The minimum absolute atomic E-state index is 0.0927. The number of halogens is 2. The van der Waals surface area contributed by atoms with E-state index in [0.717, 1.165) is 16.9 Å². The van der Waals surface area contributed by atoms with E-state index in [2.05, 4.69) is 5.32 Å². The zero-order chi connectivity index (χ0) is 18.7. The van der Waals surface area contributed by atoms with Crippen LogP contribution in [0.2, 0.25) is 5.02 Å². The van der Waals surface area contributed by atoms with Crippen molar-refractivity contribution < 1.29 is 9.18 Å². The summed E-state index contributed by atoms with van der Waals surface area (Å²) in [6.07, 6.45) is 0. The quantitative estimate of drug-likeness (QED) is 0.716. The molecule has 0 saturated heterocycles. The summed E-state index contributed by atoms with van der Waals surface area (Å²) in [5.74, 6) is -0.714. The number of thiazole rings is 1. The molecular weight excluding hydrogens is 375 g/mol. The van der Waals surface area contributed by atoms with Crippen molar-refractivity contribution in [1.29, 1.82) is 0 Å². The van der Waals surface area contributed by atoms with Crippen LogP contribution < -0.4 is 10.2 Å². The Bertz CT molecular complexity index is 1010. The van der Waals surface area contributed by atoms with E-state index in [1.807, 2.05) is 6.07 Å². The lowest BCUT2D eigenvalue weighted by atomic mass is 10.2. The first kappa shape index (κ1) is 18.4. The summed E-state index contributed by atoms with van der Waals surface area (Å²) < 4.78 is 15.3. The third-order valence-electron chi connectivity index (χ3n) is 3.98. The van der Waals surface area contributed by atoms with Crippen LogP contribution in [0.4, 0.5) is 4.39 Å². The molecule has 3 rings (SSSR count). The number of rotatable bonds is 5. The minimum atomic E-state index is -0.378. The second kappa shape index (κ2) is 7.85. The molecule has 0 fully saturated rings. The van der Waals surface area contributed by atoms with Crippen molar-refractivity contribution in [1.82, 2.24) is 9.88 Å². The van der Waals surface area contributed by atoms with Gasteiger partial charge < -0.3 is 5.32 Å². The standard InChI is InChI=1S/C19H16ClFN2O2S/c1-12-17(18(24)22-10-13-5-4-7-15(20)9-13)26-19(25)23(12)11-14-6-2-3-8-16(14)21/h2-9H,10-11H2,1H3,(H,22,24). The fourth-order valence-electron chi connectivity index (χ4n) is 2.58. The van der Waals surface area contributed by atoms with Crippen LogP contribution in [0, 0.1) is 12.7 Å². The molecule has 0 saturated carbocycles. The zero-order valence-corrected chi connectivity index (χ0v) is 15.5. The molecule has 0 unspecified atom stereocenters. The summed E-state index contributed by atoms with van der Waals surface area (Å²) in [5, 5.41) is 3.38. The SMILES string of the molecule is Cc1c(C(=O)NCc2cccc(Cl)c2)sc(=O)n1Cc1ccccc1F. The van der Waals surface area contributed by atoms with Gasteiger partial charge in [-0.3, -0.25) is 14.2 Å². The van der Waals surface area contributed by atoms with Crippen molar-refractivity contribution in [2.24, 2.45) is 0 Å².